The van der Waals surface area contributed by atoms with Crippen molar-refractivity contribution in [2.45, 2.75) is 6.54 Å². The Morgan fingerprint density at radius 1 is 1.45 bits per heavy atom. The third kappa shape index (κ3) is 3.33. The molecule has 0 aliphatic rings. The molecule has 0 aromatic carbocycles. The van der Waals surface area contributed by atoms with Crippen LogP contribution in [0, 0.1) is 0 Å². The van der Waals surface area contributed by atoms with Gasteiger partial charge >= 0.3 is 5.97 Å². The molecule has 0 saturated heterocycles. The van der Waals surface area contributed by atoms with Crippen molar-refractivity contribution in [2.75, 3.05) is 12.4 Å². The van der Waals surface area contributed by atoms with Crippen LogP contribution >= 0.6 is 11.6 Å². The second kappa shape index (κ2) is 6.16. The molecule has 2 aromatic heterocycles. The van der Waals surface area contributed by atoms with Gasteiger partial charge in [0.15, 0.2) is 11.0 Å². The summed E-state index contributed by atoms with van der Waals surface area (Å²) in [7, 11) is 1.52. The third-order valence-electron chi connectivity index (χ3n) is 2.46. The maximum Gasteiger partial charge on any atom is 0.339 e. The van der Waals surface area contributed by atoms with Gasteiger partial charge in [-0.2, -0.15) is 0 Å². The minimum absolute atomic E-state index is 0.0264. The molecule has 2 N–H and O–H groups in total. The molecule has 0 aliphatic carbocycles. The molecule has 0 radical (unpaired) electrons. The van der Waals surface area contributed by atoms with Crippen molar-refractivity contribution in [3.63, 3.8) is 0 Å². The number of hydrogen-bond acceptors (Lipinski definition) is 6. The number of rotatable bonds is 5. The number of nitrogens with zero attached hydrogens (tertiary/aromatic N) is 3. The van der Waals surface area contributed by atoms with E-state index in [2.05, 4.69) is 20.5 Å². The van der Waals surface area contributed by atoms with E-state index in [4.69, 9.17) is 21.4 Å². The molecule has 7 nitrogen and oxygen atoms in total. The smallest absolute Gasteiger partial charge is 0.339 e. The average Bonchev–Trinajstić information content (AvgIpc) is 2.46. The van der Waals surface area contributed by atoms with Crippen molar-refractivity contribution in [1.29, 1.82) is 0 Å². The van der Waals surface area contributed by atoms with Gasteiger partial charge in [-0.15, -0.1) is 10.2 Å². The van der Waals surface area contributed by atoms with Crippen LogP contribution in [0.25, 0.3) is 0 Å². The highest BCUT2D eigenvalue weighted by Crippen LogP contribution is 2.17. The fraction of sp³-hybridized carbons (Fsp3) is 0.167. The minimum atomic E-state index is -1.13. The van der Waals surface area contributed by atoms with Gasteiger partial charge in [-0.25, -0.2) is 9.78 Å². The van der Waals surface area contributed by atoms with Crippen molar-refractivity contribution < 1.29 is 14.6 Å². The molecular formula is C12H11ClN4O3. The highest BCUT2D eigenvalue weighted by Gasteiger charge is 2.13. The van der Waals surface area contributed by atoms with Crippen LogP contribution in [-0.2, 0) is 6.54 Å². The van der Waals surface area contributed by atoms with E-state index in [1.807, 2.05) is 0 Å². The van der Waals surface area contributed by atoms with Crippen molar-refractivity contribution in [2.24, 2.45) is 0 Å². The first-order valence-electron chi connectivity index (χ1n) is 5.59. The molecule has 2 aromatic rings. The Hall–Kier alpha value is -2.41. The molecule has 0 bridgehead atoms. The fourth-order valence-electron chi connectivity index (χ4n) is 1.52. The van der Waals surface area contributed by atoms with E-state index in [-0.39, 0.29) is 16.5 Å². The Bertz CT molecular complexity index is 636. The van der Waals surface area contributed by atoms with Crippen molar-refractivity contribution in [3.8, 4) is 5.88 Å². The van der Waals surface area contributed by atoms with E-state index in [1.165, 1.54) is 13.2 Å². The molecule has 0 spiro atoms. The Kier molecular flexibility index (Phi) is 4.31. The molecule has 20 heavy (non-hydrogen) atoms. The second-order valence-electron chi connectivity index (χ2n) is 3.79. The summed E-state index contributed by atoms with van der Waals surface area (Å²) in [6.07, 6.45) is 1.60. The van der Waals surface area contributed by atoms with E-state index in [9.17, 15) is 4.79 Å². The highest BCUT2D eigenvalue weighted by molar-refractivity contribution is 6.29. The number of carboxylic acids is 1. The van der Waals surface area contributed by atoms with Crippen LogP contribution < -0.4 is 10.1 Å². The first-order valence-corrected chi connectivity index (χ1v) is 5.97. The zero-order valence-corrected chi connectivity index (χ0v) is 11.3. The maximum atomic E-state index is 11.1. The van der Waals surface area contributed by atoms with Crippen LogP contribution in [0.3, 0.4) is 0 Å². The number of pyridine rings is 1. The first-order chi connectivity index (χ1) is 9.60. The molecule has 104 valence electrons. The van der Waals surface area contributed by atoms with Crippen LogP contribution in [-0.4, -0.2) is 33.4 Å². The number of halogens is 1. The molecule has 0 fully saturated rings. The SMILES string of the molecule is COc1cc(CNc2nnc(Cl)cc2C(=O)O)ccn1. The lowest BCUT2D eigenvalue weighted by molar-refractivity contribution is 0.0697. The normalized spacial score (nSPS) is 10.1. The van der Waals surface area contributed by atoms with Crippen LogP contribution in [0.4, 0.5) is 5.82 Å². The predicted octanol–water partition coefficient (Wildman–Crippen LogP) is 1.84. The molecular weight excluding hydrogens is 284 g/mol. The first kappa shape index (κ1) is 14.0. The standard InChI is InChI=1S/C12H11ClN4O3/c1-20-10-4-7(2-3-14-10)6-15-11-8(12(18)19)5-9(13)16-17-11/h2-5H,6H2,1H3,(H,15,17)(H,18,19). The average molecular weight is 295 g/mol. The lowest BCUT2D eigenvalue weighted by atomic mass is 10.2. The summed E-state index contributed by atoms with van der Waals surface area (Å²) in [5.74, 6) is -0.501. The number of methoxy groups -OCH3 is 1. The van der Waals surface area contributed by atoms with Crippen LogP contribution in [0.5, 0.6) is 5.88 Å². The van der Waals surface area contributed by atoms with Gasteiger partial charge in [-0.1, -0.05) is 11.6 Å². The van der Waals surface area contributed by atoms with Gasteiger partial charge in [0.05, 0.1) is 7.11 Å². The molecule has 0 saturated carbocycles. The number of carbonyl (C=O) groups is 1. The van der Waals surface area contributed by atoms with E-state index in [0.29, 0.717) is 12.4 Å². The van der Waals surface area contributed by atoms with Gasteiger partial charge < -0.3 is 15.2 Å². The fourth-order valence-corrected chi connectivity index (χ4v) is 1.67. The number of nitrogens with one attached hydrogen (secondary N) is 1. The van der Waals surface area contributed by atoms with E-state index >= 15 is 0 Å². The number of carboxylic acid groups (broad SMARTS) is 1. The minimum Gasteiger partial charge on any atom is -0.481 e. The number of aromatic carboxylic acids is 1. The van der Waals surface area contributed by atoms with Gasteiger partial charge in [-0.05, 0) is 17.7 Å². The van der Waals surface area contributed by atoms with Crippen molar-refractivity contribution in [1.82, 2.24) is 15.2 Å². The van der Waals surface area contributed by atoms with Gasteiger partial charge in [-0.3, -0.25) is 0 Å². The summed E-state index contributed by atoms with van der Waals surface area (Å²) >= 11 is 5.63. The molecule has 0 atom stereocenters. The van der Waals surface area contributed by atoms with E-state index in [1.54, 1.807) is 18.3 Å². The number of aromatic nitrogens is 3. The molecule has 8 heteroatoms. The van der Waals surface area contributed by atoms with Crippen LogP contribution in [0.2, 0.25) is 5.15 Å². The van der Waals surface area contributed by atoms with Crippen molar-refractivity contribution >= 4 is 23.4 Å². The summed E-state index contributed by atoms with van der Waals surface area (Å²) in [6.45, 7) is 0.357. The maximum absolute atomic E-state index is 11.1. The molecule has 0 amide bonds. The molecule has 2 heterocycles. The summed E-state index contributed by atoms with van der Waals surface area (Å²) in [5.41, 5.74) is 0.830. The van der Waals surface area contributed by atoms with Crippen molar-refractivity contribution in [3.05, 3.63) is 40.7 Å². The van der Waals surface area contributed by atoms with Gasteiger partial charge in [0, 0.05) is 18.8 Å². The Morgan fingerprint density at radius 2 is 2.25 bits per heavy atom. The third-order valence-corrected chi connectivity index (χ3v) is 2.65. The second-order valence-corrected chi connectivity index (χ2v) is 4.18. The number of hydrogen-bond donors (Lipinski definition) is 2. The summed E-state index contributed by atoms with van der Waals surface area (Å²) in [4.78, 5) is 15.1. The summed E-state index contributed by atoms with van der Waals surface area (Å²) < 4.78 is 5.01. The Morgan fingerprint density at radius 3 is 2.95 bits per heavy atom. The lowest BCUT2D eigenvalue weighted by Crippen LogP contribution is -2.09. The molecule has 0 aliphatic heterocycles. The summed E-state index contributed by atoms with van der Waals surface area (Å²) in [5, 5.41) is 19.3. The highest BCUT2D eigenvalue weighted by atomic mass is 35.5. The topological polar surface area (TPSA) is 97.2 Å². The lowest BCUT2D eigenvalue weighted by Gasteiger charge is -2.08. The quantitative estimate of drug-likeness (QED) is 0.868. The Labute approximate surface area is 119 Å². The van der Waals surface area contributed by atoms with E-state index < -0.39 is 5.97 Å². The van der Waals surface area contributed by atoms with Crippen LogP contribution in [0.1, 0.15) is 15.9 Å². The Balaban J connectivity index is 2.16. The number of anilines is 1. The zero-order chi connectivity index (χ0) is 14.5. The van der Waals surface area contributed by atoms with Gasteiger partial charge in [0.2, 0.25) is 5.88 Å². The summed E-state index contributed by atoms with van der Waals surface area (Å²) in [6, 6.07) is 4.75. The molecule has 0 unspecified atom stereocenters. The van der Waals surface area contributed by atoms with Crippen LogP contribution in [0.15, 0.2) is 24.4 Å². The predicted molar refractivity (Wildman–Crippen MR) is 72.1 cm³/mol. The zero-order valence-electron chi connectivity index (χ0n) is 10.5. The largest absolute Gasteiger partial charge is 0.481 e. The van der Waals surface area contributed by atoms with Gasteiger partial charge in [0.25, 0.3) is 0 Å². The van der Waals surface area contributed by atoms with E-state index in [0.717, 1.165) is 5.56 Å². The molecule has 2 rings (SSSR count). The van der Waals surface area contributed by atoms with Gasteiger partial charge in [0.1, 0.15) is 5.56 Å². The number of ether oxygens (including phenoxy) is 1. The monoisotopic (exact) mass is 294 g/mol.